The van der Waals surface area contributed by atoms with E-state index in [4.69, 9.17) is 13.6 Å². The Balaban J connectivity index is 1.43. The number of hydrogen-bond donors (Lipinski definition) is 1. The molecule has 1 saturated heterocycles. The highest BCUT2D eigenvalue weighted by Crippen LogP contribution is 2.53. The number of pyridine rings is 1. The molecule has 2 aromatic heterocycles. The fourth-order valence-corrected chi connectivity index (χ4v) is 6.55. The molecule has 0 spiro atoms. The van der Waals surface area contributed by atoms with E-state index >= 15 is 4.39 Å². The number of benzene rings is 2. The smallest absolute Gasteiger partial charge is 0.492 e. The average molecular weight is 554 g/mol. The van der Waals surface area contributed by atoms with Crippen LogP contribution in [0.3, 0.4) is 0 Å². The molecule has 2 aliphatic rings. The normalized spacial score (nSPS) is 17.2. The number of methoxy groups -OCH3 is 1. The van der Waals surface area contributed by atoms with Crippen LogP contribution >= 0.6 is 11.8 Å². The van der Waals surface area contributed by atoms with Gasteiger partial charge in [-0.2, -0.15) is 0 Å². The van der Waals surface area contributed by atoms with Crippen molar-refractivity contribution in [1.82, 2.24) is 9.47 Å². The summed E-state index contributed by atoms with van der Waals surface area (Å²) in [6.45, 7) is 4.04. The summed E-state index contributed by atoms with van der Waals surface area (Å²) in [5.41, 5.74) is 0.386. The highest BCUT2D eigenvalue weighted by Gasteiger charge is 2.39. The van der Waals surface area contributed by atoms with E-state index in [1.807, 2.05) is 35.2 Å². The number of thioether (sulfide) groups is 1. The van der Waals surface area contributed by atoms with E-state index in [2.05, 4.69) is 4.90 Å². The van der Waals surface area contributed by atoms with Crippen molar-refractivity contribution >= 4 is 34.3 Å². The van der Waals surface area contributed by atoms with Gasteiger partial charge in [-0.3, -0.25) is 9.69 Å². The standard InChI is InChI=1S/C27H24FN3O7S/c1-14-18(38-27(35)37-14)13-29-8-10-30(11-9-29)21-17(28)12-16-20(23(21)36-2)31-24(15-6-4-3-5-7-15)39-25(31)19(22(16)32)26(33)34/h3-7,12,24H,8-11,13H2,1-2H3,(H,33,34). The zero-order chi connectivity index (χ0) is 27.4. The number of carboxylic acids is 1. The summed E-state index contributed by atoms with van der Waals surface area (Å²) in [7, 11) is 1.42. The van der Waals surface area contributed by atoms with Crippen molar-refractivity contribution < 1.29 is 27.9 Å². The predicted octanol–water partition coefficient (Wildman–Crippen LogP) is 3.68. The highest BCUT2D eigenvalue weighted by molar-refractivity contribution is 8.00. The molecule has 0 bridgehead atoms. The van der Waals surface area contributed by atoms with Gasteiger partial charge in [-0.1, -0.05) is 42.1 Å². The van der Waals surface area contributed by atoms with E-state index in [1.54, 1.807) is 11.5 Å². The van der Waals surface area contributed by atoms with Gasteiger partial charge in [0.2, 0.25) is 5.43 Å². The molecule has 0 radical (unpaired) electrons. The lowest BCUT2D eigenvalue weighted by molar-refractivity contribution is 0.0689. The van der Waals surface area contributed by atoms with E-state index < -0.39 is 23.0 Å². The third kappa shape index (κ3) is 4.10. The van der Waals surface area contributed by atoms with Crippen LogP contribution in [0, 0.1) is 12.7 Å². The average Bonchev–Trinajstić information content (AvgIpc) is 3.22. The predicted molar refractivity (Wildman–Crippen MR) is 142 cm³/mol. The van der Waals surface area contributed by atoms with Gasteiger partial charge in [-0.25, -0.2) is 14.0 Å². The first-order valence-corrected chi connectivity index (χ1v) is 13.2. The molecular weight excluding hydrogens is 529 g/mol. The maximum absolute atomic E-state index is 15.7. The Morgan fingerprint density at radius 3 is 2.49 bits per heavy atom. The molecule has 12 heteroatoms. The fraction of sp³-hybridized carbons (Fsp3) is 0.296. The number of carbonyl (C=O) groups is 1. The van der Waals surface area contributed by atoms with Gasteiger partial charge < -0.3 is 28.1 Å². The van der Waals surface area contributed by atoms with Crippen LogP contribution in [0.15, 0.2) is 59.8 Å². The molecule has 0 amide bonds. The highest BCUT2D eigenvalue weighted by atomic mass is 32.2. The van der Waals surface area contributed by atoms with Gasteiger partial charge in [0.15, 0.2) is 17.3 Å². The topological polar surface area (TPSA) is 118 Å². The van der Waals surface area contributed by atoms with Gasteiger partial charge in [0.05, 0.1) is 29.6 Å². The fourth-order valence-electron chi connectivity index (χ4n) is 5.28. The minimum absolute atomic E-state index is 0.0421. The first-order chi connectivity index (χ1) is 18.8. The molecule has 202 valence electrons. The van der Waals surface area contributed by atoms with E-state index in [1.165, 1.54) is 18.9 Å². The number of nitrogens with zero attached hydrogens (tertiary/aromatic N) is 3. The van der Waals surface area contributed by atoms with E-state index in [-0.39, 0.29) is 27.8 Å². The quantitative estimate of drug-likeness (QED) is 0.379. The Morgan fingerprint density at radius 2 is 1.87 bits per heavy atom. The monoisotopic (exact) mass is 553 g/mol. The molecule has 0 aliphatic carbocycles. The number of anilines is 1. The zero-order valence-electron chi connectivity index (χ0n) is 21.1. The van der Waals surface area contributed by atoms with Crippen LogP contribution < -0.4 is 20.9 Å². The molecule has 4 heterocycles. The second kappa shape index (κ2) is 9.62. The van der Waals surface area contributed by atoms with Gasteiger partial charge in [-0.05, 0) is 18.6 Å². The molecule has 1 fully saturated rings. The first kappa shape index (κ1) is 25.3. The van der Waals surface area contributed by atoms with Crippen molar-refractivity contribution in [2.45, 2.75) is 23.9 Å². The van der Waals surface area contributed by atoms with Crippen molar-refractivity contribution in [2.24, 2.45) is 0 Å². The van der Waals surface area contributed by atoms with Crippen molar-refractivity contribution in [1.29, 1.82) is 0 Å². The minimum Gasteiger partial charge on any atom is -0.492 e. The first-order valence-electron chi connectivity index (χ1n) is 12.3. The summed E-state index contributed by atoms with van der Waals surface area (Å²) in [4.78, 5) is 40.7. The number of carboxylic acid groups (broad SMARTS) is 1. The molecule has 10 nitrogen and oxygen atoms in total. The van der Waals surface area contributed by atoms with Gasteiger partial charge in [0.25, 0.3) is 0 Å². The van der Waals surface area contributed by atoms with Crippen LogP contribution in [0.25, 0.3) is 10.9 Å². The van der Waals surface area contributed by atoms with Crippen molar-refractivity contribution in [3.63, 3.8) is 0 Å². The summed E-state index contributed by atoms with van der Waals surface area (Å²) in [6, 6.07) is 10.6. The number of halogens is 1. The SMILES string of the molecule is COc1c(N2CCN(Cc3oc(=O)oc3C)CC2)c(F)cc2c(=O)c(C(=O)O)c3n(c12)C(c1ccccc1)S3. The molecule has 2 aliphatic heterocycles. The summed E-state index contributed by atoms with van der Waals surface area (Å²) in [5.74, 6) is -1.69. The van der Waals surface area contributed by atoms with Crippen LogP contribution in [-0.2, 0) is 6.54 Å². The molecule has 1 unspecified atom stereocenters. The second-order valence-corrected chi connectivity index (χ2v) is 10.5. The molecular formula is C27H24FN3O7S. The summed E-state index contributed by atoms with van der Waals surface area (Å²) < 4.78 is 33.3. The van der Waals surface area contributed by atoms with Crippen LogP contribution in [0.1, 0.15) is 32.8 Å². The third-order valence-corrected chi connectivity index (χ3v) is 8.51. The number of rotatable bonds is 6. The van der Waals surface area contributed by atoms with Crippen LogP contribution in [-0.4, -0.2) is 53.8 Å². The second-order valence-electron chi connectivity index (χ2n) is 9.40. The van der Waals surface area contributed by atoms with Crippen molar-refractivity contribution in [3.8, 4) is 5.75 Å². The Hall–Kier alpha value is -4.03. The number of aryl methyl sites for hydroxylation is 1. The Morgan fingerprint density at radius 1 is 1.15 bits per heavy atom. The Labute approximate surface area is 225 Å². The Bertz CT molecular complexity index is 1720. The van der Waals surface area contributed by atoms with Crippen molar-refractivity contribution in [2.75, 3.05) is 38.2 Å². The number of aromatic carboxylic acids is 1. The van der Waals surface area contributed by atoms with Crippen LogP contribution in [0.2, 0.25) is 0 Å². The van der Waals surface area contributed by atoms with E-state index in [0.29, 0.717) is 54.8 Å². The minimum atomic E-state index is -1.35. The molecule has 6 rings (SSSR count). The molecule has 2 aromatic carbocycles. The van der Waals surface area contributed by atoms with Crippen LogP contribution in [0.4, 0.5) is 10.1 Å². The maximum Gasteiger partial charge on any atom is 0.519 e. The number of ether oxygens (including phenoxy) is 1. The molecule has 1 atom stereocenters. The van der Waals surface area contributed by atoms with Gasteiger partial charge in [-0.15, -0.1) is 0 Å². The number of aromatic nitrogens is 1. The molecule has 39 heavy (non-hydrogen) atoms. The lowest BCUT2D eigenvalue weighted by Gasteiger charge is -2.38. The maximum atomic E-state index is 15.7. The van der Waals surface area contributed by atoms with Gasteiger partial charge in [0, 0.05) is 26.2 Å². The number of fused-ring (bicyclic) bond motifs is 3. The lowest BCUT2D eigenvalue weighted by Crippen LogP contribution is -2.46. The lowest BCUT2D eigenvalue weighted by atomic mass is 10.1. The molecule has 1 N–H and O–H groups in total. The van der Waals surface area contributed by atoms with E-state index in [9.17, 15) is 19.5 Å². The van der Waals surface area contributed by atoms with Crippen LogP contribution in [0.5, 0.6) is 5.75 Å². The summed E-state index contributed by atoms with van der Waals surface area (Å²) >= 11 is 1.28. The van der Waals surface area contributed by atoms with Crippen molar-refractivity contribution in [3.05, 3.63) is 85.7 Å². The molecule has 0 saturated carbocycles. The largest absolute Gasteiger partial charge is 0.519 e. The summed E-state index contributed by atoms with van der Waals surface area (Å²) in [6.07, 6.45) is 0. The number of piperazine rings is 1. The third-order valence-electron chi connectivity index (χ3n) is 7.18. The van der Waals surface area contributed by atoms with Gasteiger partial charge >= 0.3 is 11.8 Å². The van der Waals surface area contributed by atoms with Gasteiger partial charge in [0.1, 0.15) is 22.4 Å². The summed E-state index contributed by atoms with van der Waals surface area (Å²) in [5, 5.41) is 9.79. The molecule has 4 aromatic rings. The number of hydrogen-bond acceptors (Lipinski definition) is 9. The zero-order valence-corrected chi connectivity index (χ0v) is 21.9. The van der Waals surface area contributed by atoms with E-state index in [0.717, 1.165) is 11.6 Å². The Kier molecular flexibility index (Phi) is 6.23.